The molecule has 0 aromatic heterocycles. The van der Waals surface area contributed by atoms with E-state index in [4.69, 9.17) is 9.47 Å². The van der Waals surface area contributed by atoms with Gasteiger partial charge >= 0.3 is 0 Å². The van der Waals surface area contributed by atoms with Crippen LogP contribution in [0, 0.1) is 6.92 Å². The largest absolute Gasteiger partial charge is 0.486 e. The van der Waals surface area contributed by atoms with Gasteiger partial charge in [-0.15, -0.1) is 10.2 Å². The Bertz CT molecular complexity index is 1360. The maximum Gasteiger partial charge on any atom is 0.163 e. The van der Waals surface area contributed by atoms with Gasteiger partial charge in [0.1, 0.15) is 24.6 Å². The molecule has 5 heteroatoms. The van der Waals surface area contributed by atoms with Gasteiger partial charge < -0.3 is 14.0 Å². The number of pyridine rings is 1. The maximum atomic E-state index is 5.86. The van der Waals surface area contributed by atoms with E-state index in [9.17, 15) is 0 Å². The van der Waals surface area contributed by atoms with Gasteiger partial charge in [0.25, 0.3) is 0 Å². The molecule has 0 radical (unpaired) electrons. The Morgan fingerprint density at radius 3 is 2.32 bits per heavy atom. The Morgan fingerprint density at radius 2 is 1.55 bits per heavy atom. The smallest absolute Gasteiger partial charge is 0.163 e. The lowest BCUT2D eigenvalue weighted by Crippen LogP contribution is -2.15. The van der Waals surface area contributed by atoms with Gasteiger partial charge in [-0.05, 0) is 18.6 Å². The molecular formula is C26H21N3O2. The third kappa shape index (κ3) is 3.10. The van der Waals surface area contributed by atoms with E-state index in [1.165, 1.54) is 11.1 Å². The van der Waals surface area contributed by atoms with Crippen molar-refractivity contribution in [3.63, 3.8) is 0 Å². The fourth-order valence-electron chi connectivity index (χ4n) is 4.21. The molecule has 0 saturated heterocycles. The maximum absolute atomic E-state index is 5.86. The fourth-order valence-corrected chi connectivity index (χ4v) is 4.21. The second kappa shape index (κ2) is 7.13. The average Bonchev–Trinajstić information content (AvgIpc) is 3.23. The number of nitrogens with zero attached hydrogens (tertiary/aromatic N) is 3. The summed E-state index contributed by atoms with van der Waals surface area (Å²) < 4.78 is 14.0. The second-order valence-corrected chi connectivity index (χ2v) is 7.93. The van der Waals surface area contributed by atoms with E-state index >= 15 is 0 Å². The van der Waals surface area contributed by atoms with Crippen LogP contribution in [0.5, 0.6) is 11.5 Å². The molecule has 3 aromatic rings. The second-order valence-electron chi connectivity index (χ2n) is 7.93. The highest BCUT2D eigenvalue weighted by Crippen LogP contribution is 2.41. The summed E-state index contributed by atoms with van der Waals surface area (Å²) in [5, 5.41) is 10.2. The summed E-state index contributed by atoms with van der Waals surface area (Å²) in [6, 6.07) is 23.0. The molecule has 0 amide bonds. The van der Waals surface area contributed by atoms with Gasteiger partial charge in [-0.25, -0.2) is 0 Å². The number of aryl methyl sites for hydroxylation is 1. The normalized spacial score (nSPS) is 13.1. The van der Waals surface area contributed by atoms with Crippen molar-refractivity contribution >= 4 is 10.9 Å². The summed E-state index contributed by atoms with van der Waals surface area (Å²) in [6.45, 7) is 3.95. The van der Waals surface area contributed by atoms with Gasteiger partial charge in [-0.3, -0.25) is 0 Å². The zero-order valence-corrected chi connectivity index (χ0v) is 17.2. The summed E-state index contributed by atoms with van der Waals surface area (Å²) in [7, 11) is 0. The molecule has 152 valence electrons. The molecule has 0 unspecified atom stereocenters. The average molecular weight is 407 g/mol. The van der Waals surface area contributed by atoms with Gasteiger partial charge in [-0.2, -0.15) is 0 Å². The number of ether oxygens (including phenoxy) is 2. The topological polar surface area (TPSA) is 49.2 Å². The van der Waals surface area contributed by atoms with Crippen molar-refractivity contribution < 1.29 is 9.47 Å². The molecule has 3 heterocycles. The Balaban J connectivity index is 1.60. The lowest BCUT2D eigenvalue weighted by Gasteiger charge is -2.21. The molecule has 0 atom stereocenters. The van der Waals surface area contributed by atoms with Crippen LogP contribution >= 0.6 is 0 Å². The Morgan fingerprint density at radius 1 is 0.839 bits per heavy atom. The minimum absolute atomic E-state index is 0.555. The first kappa shape index (κ1) is 18.0. The Hall–Kier alpha value is -3.86. The SMILES string of the molecule is Cc1ccc(-c2nnc3c4cc5c(cc4n(Cc4ccccc4)cc2-3)OCCO5)cc1. The van der Waals surface area contributed by atoms with E-state index < -0.39 is 0 Å². The molecule has 3 aromatic carbocycles. The van der Waals surface area contributed by atoms with Crippen molar-refractivity contribution in [1.82, 2.24) is 14.8 Å². The van der Waals surface area contributed by atoms with E-state index in [2.05, 4.69) is 82.5 Å². The Labute approximate surface area is 180 Å². The third-order valence-corrected chi connectivity index (χ3v) is 5.79. The molecule has 0 saturated carbocycles. The molecule has 0 spiro atoms. The molecule has 5 nitrogen and oxygen atoms in total. The van der Waals surface area contributed by atoms with E-state index in [0.29, 0.717) is 13.2 Å². The number of benzene rings is 3. The van der Waals surface area contributed by atoms with Crippen LogP contribution in [0.1, 0.15) is 11.1 Å². The van der Waals surface area contributed by atoms with Crippen molar-refractivity contribution in [3.05, 3.63) is 84.1 Å². The highest BCUT2D eigenvalue weighted by Gasteiger charge is 2.23. The standard InChI is InChI=1S/C26H21N3O2/c1-17-7-9-19(10-8-17)25-21-16-29(15-18-5-3-2-4-6-18)22-14-24-23(30-11-12-31-24)13-20(22)26(21)28-27-25/h2-10,13-14,16H,11-12,15H2,1H3. The molecule has 6 rings (SSSR count). The monoisotopic (exact) mass is 407 g/mol. The summed E-state index contributed by atoms with van der Waals surface area (Å²) in [4.78, 5) is 0. The van der Waals surface area contributed by atoms with E-state index in [1.807, 2.05) is 12.1 Å². The molecule has 0 N–H and O–H groups in total. The van der Waals surface area contributed by atoms with Crippen molar-refractivity contribution in [1.29, 1.82) is 0 Å². The number of aromatic nitrogens is 3. The zero-order chi connectivity index (χ0) is 20.8. The van der Waals surface area contributed by atoms with Gasteiger partial charge in [0, 0.05) is 35.3 Å². The molecule has 0 bridgehead atoms. The lowest BCUT2D eigenvalue weighted by atomic mass is 10.0. The third-order valence-electron chi connectivity index (χ3n) is 5.79. The molecule has 0 fully saturated rings. The van der Waals surface area contributed by atoms with Gasteiger partial charge in [-0.1, -0.05) is 60.2 Å². The van der Waals surface area contributed by atoms with Crippen LogP contribution in [0.4, 0.5) is 0 Å². The highest BCUT2D eigenvalue weighted by molar-refractivity contribution is 5.99. The summed E-state index contributed by atoms with van der Waals surface area (Å²) in [5.74, 6) is 1.54. The fraction of sp³-hybridized carbons (Fsp3) is 0.154. The molecule has 3 aliphatic heterocycles. The highest BCUT2D eigenvalue weighted by atomic mass is 16.6. The minimum atomic E-state index is 0.555. The van der Waals surface area contributed by atoms with Gasteiger partial charge in [0.05, 0.1) is 5.52 Å². The predicted molar refractivity (Wildman–Crippen MR) is 121 cm³/mol. The van der Waals surface area contributed by atoms with Crippen molar-refractivity contribution in [3.8, 4) is 34.0 Å². The summed E-state index contributed by atoms with van der Waals surface area (Å²) >= 11 is 0. The van der Waals surface area contributed by atoms with E-state index in [-0.39, 0.29) is 0 Å². The number of hydrogen-bond acceptors (Lipinski definition) is 4. The van der Waals surface area contributed by atoms with Crippen LogP contribution in [0.15, 0.2) is 72.9 Å². The first-order chi connectivity index (χ1) is 15.3. The van der Waals surface area contributed by atoms with Gasteiger partial charge in [0.2, 0.25) is 0 Å². The van der Waals surface area contributed by atoms with Crippen LogP contribution in [-0.2, 0) is 6.54 Å². The van der Waals surface area contributed by atoms with Crippen molar-refractivity contribution in [2.75, 3.05) is 13.2 Å². The number of hydrogen-bond donors (Lipinski definition) is 0. The van der Waals surface area contributed by atoms with Gasteiger partial charge in [0.15, 0.2) is 11.5 Å². The van der Waals surface area contributed by atoms with Crippen molar-refractivity contribution in [2.24, 2.45) is 0 Å². The zero-order valence-electron chi connectivity index (χ0n) is 17.2. The molecule has 0 aliphatic carbocycles. The van der Waals surface area contributed by atoms with E-state index in [1.54, 1.807) is 0 Å². The predicted octanol–water partition coefficient (Wildman–Crippen LogP) is 5.33. The quantitative estimate of drug-likeness (QED) is 0.406. The van der Waals surface area contributed by atoms with Crippen LogP contribution in [0.25, 0.3) is 33.4 Å². The van der Waals surface area contributed by atoms with E-state index in [0.717, 1.165) is 51.5 Å². The molecule has 3 aliphatic rings. The molecular weight excluding hydrogens is 386 g/mol. The van der Waals surface area contributed by atoms with Crippen LogP contribution in [0.2, 0.25) is 0 Å². The Kier molecular flexibility index (Phi) is 4.13. The van der Waals surface area contributed by atoms with Crippen LogP contribution in [0.3, 0.4) is 0 Å². The summed E-state index contributed by atoms with van der Waals surface area (Å²) in [6.07, 6.45) is 2.16. The molecule has 31 heavy (non-hydrogen) atoms. The lowest BCUT2D eigenvalue weighted by molar-refractivity contribution is 0.172. The number of fused-ring (bicyclic) bond motifs is 4. The van der Waals surface area contributed by atoms with Crippen LogP contribution in [-0.4, -0.2) is 28.0 Å². The first-order valence-corrected chi connectivity index (χ1v) is 10.5. The van der Waals surface area contributed by atoms with Crippen molar-refractivity contribution in [2.45, 2.75) is 13.5 Å². The first-order valence-electron chi connectivity index (χ1n) is 10.5. The minimum Gasteiger partial charge on any atom is -0.486 e. The van der Waals surface area contributed by atoms with Crippen LogP contribution < -0.4 is 9.47 Å². The number of rotatable bonds is 3. The summed E-state index contributed by atoms with van der Waals surface area (Å²) in [5.41, 5.74) is 7.38.